The summed E-state index contributed by atoms with van der Waals surface area (Å²) in [6.07, 6.45) is 0. The minimum Gasteiger partial charge on any atom is -0.264 e. The van der Waals surface area contributed by atoms with E-state index in [1.54, 1.807) is 0 Å². The Morgan fingerprint density at radius 1 is 1.38 bits per heavy atom. The second-order valence-corrected chi connectivity index (χ2v) is 1.59. The first-order valence-corrected chi connectivity index (χ1v) is 3.21. The molecule has 6 nitrogen and oxygen atoms in total. The smallest absolute Gasteiger partial charge is 0.264 e. The maximum Gasteiger partial charge on any atom is 0.394 e. The number of nitrogens with one attached hydrogen (secondary N) is 1. The van der Waals surface area contributed by atoms with E-state index in [0.29, 0.717) is 0 Å². The monoisotopic (exact) mass is 161 g/mol. The van der Waals surface area contributed by atoms with Gasteiger partial charge in [-0.25, -0.2) is 4.78 Å². The molecule has 3 N–H and O–H groups in total. The summed E-state index contributed by atoms with van der Waals surface area (Å²) < 4.78 is 45.7. The average Bonchev–Trinajstić information content (AvgIpc) is 1.27. The second-order valence-electron chi connectivity index (χ2n) is 0.531. The highest BCUT2D eigenvalue weighted by atomic mass is 32.3. The van der Waals surface area contributed by atoms with Gasteiger partial charge < -0.3 is 0 Å². The Morgan fingerprint density at radius 3 is 1.38 bits per heavy atom. The highest BCUT2D eigenvalue weighted by Crippen LogP contribution is 1.59. The fourth-order valence-electron chi connectivity index (χ4n) is 0. The van der Waals surface area contributed by atoms with Crippen molar-refractivity contribution >= 4 is 21.9 Å². The van der Waals surface area contributed by atoms with Crippen LogP contribution in [0.5, 0.6) is 0 Å². The van der Waals surface area contributed by atoms with Gasteiger partial charge in [0.05, 0.1) is 0 Å². The Balaban J connectivity index is 0. The standard InChI is InChI=1S/HNOS.H2O4S/c1-3-2;1-5(2,3)4/h1H;(H2,1,2,3,4). The Labute approximate surface area is 49.1 Å². The molecule has 0 aliphatic rings. The van der Waals surface area contributed by atoms with E-state index in [-0.39, 0.29) is 11.5 Å². The van der Waals surface area contributed by atoms with E-state index in [1.165, 1.54) is 0 Å². The minimum absolute atomic E-state index is 0.250. The van der Waals surface area contributed by atoms with Crippen LogP contribution in [0.3, 0.4) is 0 Å². The van der Waals surface area contributed by atoms with E-state index in [4.69, 9.17) is 26.5 Å². The third kappa shape index (κ3) is 1300. The molecule has 0 unspecified atom stereocenters. The van der Waals surface area contributed by atoms with Gasteiger partial charge in [0.25, 0.3) is 0 Å². The lowest BCUT2D eigenvalue weighted by Crippen LogP contribution is -1.89. The minimum atomic E-state index is -4.67. The molecule has 0 amide bonds. The summed E-state index contributed by atoms with van der Waals surface area (Å²) in [7, 11) is -4.67. The topological polar surface area (TPSA) is 116 Å². The molecule has 0 aliphatic heterocycles. The maximum atomic E-state index is 8.74. The van der Waals surface area contributed by atoms with Crippen LogP contribution in [0.1, 0.15) is 0 Å². The van der Waals surface area contributed by atoms with Crippen molar-refractivity contribution in [1.29, 1.82) is 4.78 Å². The molecule has 0 aromatic carbocycles. The SMILES string of the molecule is N=S=O.O=S(=O)(O)O. The third-order valence-corrected chi connectivity index (χ3v) is 0. The Kier molecular flexibility index (Phi) is 6.43. The molecule has 0 aromatic rings. The van der Waals surface area contributed by atoms with Crippen molar-refractivity contribution in [3.63, 3.8) is 0 Å². The highest BCUT2D eigenvalue weighted by Gasteiger charge is 1.84. The van der Waals surface area contributed by atoms with Gasteiger partial charge >= 0.3 is 10.4 Å². The van der Waals surface area contributed by atoms with Crippen LogP contribution in [-0.2, 0) is 21.9 Å². The van der Waals surface area contributed by atoms with Crippen LogP contribution in [0.4, 0.5) is 0 Å². The van der Waals surface area contributed by atoms with Gasteiger partial charge in [-0.3, -0.25) is 9.11 Å². The third-order valence-electron chi connectivity index (χ3n) is 0. The van der Waals surface area contributed by atoms with Crippen molar-refractivity contribution in [3.05, 3.63) is 0 Å². The molecule has 8 heavy (non-hydrogen) atoms. The lowest BCUT2D eigenvalue weighted by atomic mass is 14.0. The second kappa shape index (κ2) is 4.84. The zero-order valence-corrected chi connectivity index (χ0v) is 5.07. The van der Waals surface area contributed by atoms with Gasteiger partial charge in [0.2, 0.25) is 0 Å². The molecule has 0 radical (unpaired) electrons. The van der Waals surface area contributed by atoms with Crippen LogP contribution in [0, 0.1) is 4.78 Å². The predicted molar refractivity (Wildman–Crippen MR) is 25.0 cm³/mol. The molecular formula is H3NO5S2. The van der Waals surface area contributed by atoms with E-state index >= 15 is 0 Å². The highest BCUT2D eigenvalue weighted by molar-refractivity contribution is 7.79. The van der Waals surface area contributed by atoms with Gasteiger partial charge in [-0.15, -0.1) is 0 Å². The van der Waals surface area contributed by atoms with Gasteiger partial charge in [0.1, 0.15) is 0 Å². The molecular weight excluding hydrogens is 158 g/mol. The van der Waals surface area contributed by atoms with E-state index in [1.807, 2.05) is 0 Å². The fourth-order valence-corrected chi connectivity index (χ4v) is 0. The fraction of sp³-hybridized carbons (Fsp3) is 0. The van der Waals surface area contributed by atoms with E-state index in [0.717, 1.165) is 0 Å². The predicted octanol–water partition coefficient (Wildman–Crippen LogP) is -0.691. The quantitative estimate of drug-likeness (QED) is 0.406. The summed E-state index contributed by atoms with van der Waals surface area (Å²) >= 11 is -0.250. The lowest BCUT2D eigenvalue weighted by Gasteiger charge is -1.68. The Hall–Kier alpha value is -0.310. The first-order chi connectivity index (χ1) is 3.41. The van der Waals surface area contributed by atoms with Crippen molar-refractivity contribution < 1.29 is 21.7 Å². The van der Waals surface area contributed by atoms with Crippen molar-refractivity contribution in [2.24, 2.45) is 0 Å². The van der Waals surface area contributed by atoms with E-state index in [2.05, 4.69) is 0 Å². The van der Waals surface area contributed by atoms with Crippen LogP contribution < -0.4 is 0 Å². The summed E-state index contributed by atoms with van der Waals surface area (Å²) in [5.74, 6) is 0. The summed E-state index contributed by atoms with van der Waals surface area (Å²) in [5.41, 5.74) is 0. The summed E-state index contributed by atoms with van der Waals surface area (Å²) in [6, 6.07) is 0. The van der Waals surface area contributed by atoms with Crippen LogP contribution in [0.25, 0.3) is 0 Å². The zero-order valence-electron chi connectivity index (χ0n) is 3.44. The number of hydrogen-bond donors (Lipinski definition) is 3. The van der Waals surface area contributed by atoms with Crippen molar-refractivity contribution in [3.8, 4) is 0 Å². The van der Waals surface area contributed by atoms with E-state index < -0.39 is 10.4 Å². The lowest BCUT2D eigenvalue weighted by molar-refractivity contribution is 0.381. The molecule has 8 heteroatoms. The van der Waals surface area contributed by atoms with Gasteiger partial charge in [0.15, 0.2) is 11.5 Å². The van der Waals surface area contributed by atoms with E-state index in [9.17, 15) is 0 Å². The van der Waals surface area contributed by atoms with Crippen molar-refractivity contribution in [1.82, 2.24) is 0 Å². The molecule has 0 rings (SSSR count). The van der Waals surface area contributed by atoms with Crippen LogP contribution in [-0.4, -0.2) is 21.7 Å². The number of hydrogen-bond acceptors (Lipinski definition) is 4. The van der Waals surface area contributed by atoms with Gasteiger partial charge in [-0.2, -0.15) is 12.6 Å². The zero-order chi connectivity index (χ0) is 7.21. The van der Waals surface area contributed by atoms with Gasteiger partial charge in [-0.1, -0.05) is 0 Å². The van der Waals surface area contributed by atoms with Crippen molar-refractivity contribution in [2.45, 2.75) is 0 Å². The molecule has 0 spiro atoms. The molecule has 0 aliphatic carbocycles. The molecule has 0 bridgehead atoms. The normalized spacial score (nSPS) is 8.75. The summed E-state index contributed by atoms with van der Waals surface area (Å²) in [5, 5.41) is 0. The first kappa shape index (κ1) is 10.6. The first-order valence-electron chi connectivity index (χ1n) is 1.07. The molecule has 0 saturated heterocycles. The molecule has 50 valence electrons. The summed E-state index contributed by atoms with van der Waals surface area (Å²) in [6.45, 7) is 0. The molecule has 0 fully saturated rings. The summed E-state index contributed by atoms with van der Waals surface area (Å²) in [4.78, 5) is 0. The number of rotatable bonds is 0. The maximum absolute atomic E-state index is 8.74. The molecule has 0 heterocycles. The Bertz CT molecular complexity index is 151. The van der Waals surface area contributed by atoms with Crippen LogP contribution >= 0.6 is 0 Å². The van der Waals surface area contributed by atoms with Crippen molar-refractivity contribution in [2.75, 3.05) is 0 Å². The Morgan fingerprint density at radius 2 is 1.38 bits per heavy atom. The molecule has 0 aromatic heterocycles. The molecule has 0 atom stereocenters. The van der Waals surface area contributed by atoms with Gasteiger partial charge in [-0.05, 0) is 0 Å². The van der Waals surface area contributed by atoms with Gasteiger partial charge in [0, 0.05) is 0 Å². The average molecular weight is 161 g/mol. The van der Waals surface area contributed by atoms with Crippen LogP contribution in [0.2, 0.25) is 0 Å². The largest absolute Gasteiger partial charge is 0.394 e. The molecule has 0 saturated carbocycles. The van der Waals surface area contributed by atoms with Crippen LogP contribution in [0.15, 0.2) is 0 Å².